The SMILES string of the molecule is CC[C@H]1OC(=O)[C@H](C)[C@@H](O[C@H]2C[C@@](C)(OC)[C@@H](O)[C@@H](C)O2)[C@H](C)[C@@H](O[C@@H]2O[C@H](C)C[C@H](N(C)C)[C@H]2O)[C@](C)(O)C[C@@H](C)CN[C@@H](C)[C@@H](OC)[C@]1(C)O. The molecule has 52 heavy (non-hydrogen) atoms. The summed E-state index contributed by atoms with van der Waals surface area (Å²) >= 11 is 0. The zero-order chi connectivity index (χ0) is 39.5. The van der Waals surface area contributed by atoms with Crippen LogP contribution in [0.15, 0.2) is 0 Å². The number of hydrogen-bond acceptors (Lipinski definition) is 14. The zero-order valence-electron chi connectivity index (χ0n) is 34.2. The number of hydrogen-bond donors (Lipinski definition) is 5. The van der Waals surface area contributed by atoms with Crippen LogP contribution >= 0.6 is 0 Å². The van der Waals surface area contributed by atoms with Gasteiger partial charge in [0.1, 0.15) is 30.0 Å². The summed E-state index contributed by atoms with van der Waals surface area (Å²) in [7, 11) is 6.82. The molecular weight excluding hydrogens is 676 g/mol. The van der Waals surface area contributed by atoms with Gasteiger partial charge in [0.25, 0.3) is 0 Å². The Kier molecular flexibility index (Phi) is 16.0. The first-order valence-corrected chi connectivity index (χ1v) is 19.1. The molecule has 3 fully saturated rings. The summed E-state index contributed by atoms with van der Waals surface area (Å²) in [6.07, 6.45) is -7.24. The minimum Gasteiger partial charge on any atom is -0.459 e. The molecule has 3 heterocycles. The summed E-state index contributed by atoms with van der Waals surface area (Å²) in [4.78, 5) is 16.2. The van der Waals surface area contributed by atoms with E-state index >= 15 is 0 Å². The predicted octanol–water partition coefficient (Wildman–Crippen LogP) is 2.21. The number of cyclic esters (lactones) is 1. The lowest BCUT2D eigenvalue weighted by Crippen LogP contribution is -2.60. The third kappa shape index (κ3) is 10.2. The van der Waals surface area contributed by atoms with E-state index in [0.717, 1.165) is 0 Å². The monoisotopic (exact) mass is 749 g/mol. The van der Waals surface area contributed by atoms with Gasteiger partial charge in [0.15, 0.2) is 12.6 Å². The third-order valence-corrected chi connectivity index (χ3v) is 11.9. The highest BCUT2D eigenvalue weighted by Gasteiger charge is 2.52. The van der Waals surface area contributed by atoms with E-state index in [4.69, 9.17) is 33.2 Å². The fourth-order valence-corrected chi connectivity index (χ4v) is 8.79. The van der Waals surface area contributed by atoms with Crippen LogP contribution in [0, 0.1) is 17.8 Å². The molecule has 0 aromatic rings. The molecular formula is C38H72N2O12. The molecule has 0 aromatic heterocycles. The van der Waals surface area contributed by atoms with Crippen LogP contribution in [0.2, 0.25) is 0 Å². The average molecular weight is 749 g/mol. The van der Waals surface area contributed by atoms with E-state index in [2.05, 4.69) is 5.32 Å². The maximum Gasteiger partial charge on any atom is 0.311 e. The van der Waals surface area contributed by atoms with E-state index in [1.54, 1.807) is 34.6 Å². The van der Waals surface area contributed by atoms with Crippen LogP contribution in [0.1, 0.15) is 94.9 Å². The van der Waals surface area contributed by atoms with Crippen LogP contribution < -0.4 is 5.32 Å². The molecule has 0 saturated carbocycles. The van der Waals surface area contributed by atoms with E-state index in [1.165, 1.54) is 14.2 Å². The number of carbonyl (C=O) groups excluding carboxylic acids is 1. The molecule has 3 saturated heterocycles. The molecule has 0 radical (unpaired) electrons. The highest BCUT2D eigenvalue weighted by atomic mass is 16.7. The van der Waals surface area contributed by atoms with Crippen LogP contribution in [0.4, 0.5) is 0 Å². The van der Waals surface area contributed by atoms with Crippen LogP contribution in [0.3, 0.4) is 0 Å². The Morgan fingerprint density at radius 1 is 0.942 bits per heavy atom. The number of aliphatic hydroxyl groups excluding tert-OH is 2. The molecule has 0 aliphatic carbocycles. The molecule has 306 valence electrons. The topological polar surface area (TPSA) is 178 Å². The van der Waals surface area contributed by atoms with Crippen LogP contribution in [0.5, 0.6) is 0 Å². The first-order valence-electron chi connectivity index (χ1n) is 19.1. The maximum absolute atomic E-state index is 14.3. The second-order valence-corrected chi connectivity index (χ2v) is 16.9. The van der Waals surface area contributed by atoms with Crippen molar-refractivity contribution in [3.8, 4) is 0 Å². The number of rotatable bonds is 8. The molecule has 0 unspecified atom stereocenters. The maximum atomic E-state index is 14.3. The van der Waals surface area contributed by atoms with Crippen molar-refractivity contribution >= 4 is 5.97 Å². The van der Waals surface area contributed by atoms with Gasteiger partial charge in [0.2, 0.25) is 0 Å². The second-order valence-electron chi connectivity index (χ2n) is 16.9. The number of nitrogens with zero attached hydrogens (tertiary/aromatic N) is 1. The normalized spacial score (nSPS) is 49.2. The van der Waals surface area contributed by atoms with Crippen molar-refractivity contribution in [2.75, 3.05) is 34.9 Å². The zero-order valence-corrected chi connectivity index (χ0v) is 34.2. The van der Waals surface area contributed by atoms with Gasteiger partial charge in [-0.05, 0) is 94.3 Å². The number of carbonyl (C=O) groups is 1. The lowest BCUT2D eigenvalue weighted by molar-refractivity contribution is -0.318. The standard InChI is InChI=1S/C38H72N2O12/c1-15-27-38(10,45)33(46-13)24(6)39-19-20(2)17-36(8,44)32(52-35-29(41)26(40(11)12)16-21(3)48-35)22(4)30(23(5)34(43)50-27)51-28-18-37(9,47-14)31(42)25(7)49-28/h20-33,35,39,41-42,44-45H,15-19H2,1-14H3/t20-,21-,22+,23-,24+,25-,26+,27-,28+,29-,30+,31+,32-,33-,35+,36-,37-,38-/m1/s1. The van der Waals surface area contributed by atoms with E-state index in [-0.39, 0.29) is 36.9 Å². The molecule has 3 rings (SSSR count). The van der Waals surface area contributed by atoms with Crippen molar-refractivity contribution in [3.05, 3.63) is 0 Å². The number of aliphatic hydroxyl groups is 4. The van der Waals surface area contributed by atoms with E-state index in [0.29, 0.717) is 19.4 Å². The Bertz CT molecular complexity index is 1130. The molecule has 0 amide bonds. The number of likely N-dealkylation sites (N-methyl/N-ethyl adjacent to an activating group) is 1. The molecule has 3 aliphatic heterocycles. The summed E-state index contributed by atoms with van der Waals surface area (Å²) in [5.41, 5.74) is -4.10. The van der Waals surface area contributed by atoms with Gasteiger partial charge in [-0.25, -0.2) is 0 Å². The molecule has 14 heteroatoms. The Balaban J connectivity index is 2.16. The lowest BCUT2D eigenvalue weighted by atomic mass is 9.77. The summed E-state index contributed by atoms with van der Waals surface area (Å²) in [6, 6.07) is -0.611. The highest BCUT2D eigenvalue weighted by Crippen LogP contribution is 2.40. The van der Waals surface area contributed by atoms with Crippen molar-refractivity contribution in [3.63, 3.8) is 0 Å². The predicted molar refractivity (Wildman–Crippen MR) is 194 cm³/mol. The fourth-order valence-electron chi connectivity index (χ4n) is 8.79. The van der Waals surface area contributed by atoms with E-state index in [1.807, 2.05) is 53.6 Å². The minimum absolute atomic E-state index is 0.1000. The van der Waals surface area contributed by atoms with Gasteiger partial charge in [-0.15, -0.1) is 0 Å². The number of nitrogens with one attached hydrogen (secondary N) is 1. The first-order chi connectivity index (χ1) is 24.0. The summed E-state index contributed by atoms with van der Waals surface area (Å²) < 4.78 is 43.5. The van der Waals surface area contributed by atoms with Gasteiger partial charge in [0.05, 0.1) is 41.5 Å². The minimum atomic E-state index is -1.57. The van der Waals surface area contributed by atoms with Gasteiger partial charge in [-0.3, -0.25) is 4.79 Å². The Hall–Kier alpha value is -1.01. The fraction of sp³-hybridized carbons (Fsp3) is 0.974. The highest BCUT2D eigenvalue weighted by molar-refractivity contribution is 5.73. The van der Waals surface area contributed by atoms with Crippen molar-refractivity contribution in [1.29, 1.82) is 0 Å². The smallest absolute Gasteiger partial charge is 0.311 e. The largest absolute Gasteiger partial charge is 0.459 e. The van der Waals surface area contributed by atoms with E-state index in [9.17, 15) is 25.2 Å². The van der Waals surface area contributed by atoms with Crippen molar-refractivity contribution < 1.29 is 58.4 Å². The van der Waals surface area contributed by atoms with E-state index < -0.39 is 89.9 Å². The van der Waals surface area contributed by atoms with Crippen molar-refractivity contribution in [1.82, 2.24) is 10.2 Å². The summed E-state index contributed by atoms with van der Waals surface area (Å²) in [5, 5.41) is 50.3. The molecule has 0 aromatic carbocycles. The molecule has 0 bridgehead atoms. The second kappa shape index (κ2) is 18.3. The lowest BCUT2D eigenvalue weighted by Gasteiger charge is -2.48. The first kappa shape index (κ1) is 45.4. The van der Waals surface area contributed by atoms with Gasteiger partial charge in [0, 0.05) is 38.6 Å². The Morgan fingerprint density at radius 3 is 2.13 bits per heavy atom. The van der Waals surface area contributed by atoms with Gasteiger partial charge >= 0.3 is 5.97 Å². The van der Waals surface area contributed by atoms with Crippen molar-refractivity contribution in [2.24, 2.45) is 17.8 Å². The Morgan fingerprint density at radius 2 is 1.58 bits per heavy atom. The van der Waals surface area contributed by atoms with Crippen LogP contribution in [0.25, 0.3) is 0 Å². The number of esters is 1. The van der Waals surface area contributed by atoms with Gasteiger partial charge in [-0.1, -0.05) is 20.8 Å². The summed E-state index contributed by atoms with van der Waals surface area (Å²) in [6.45, 7) is 18.5. The van der Waals surface area contributed by atoms with Gasteiger partial charge < -0.3 is 63.8 Å². The summed E-state index contributed by atoms with van der Waals surface area (Å²) in [5.74, 6) is -2.42. The molecule has 14 nitrogen and oxygen atoms in total. The van der Waals surface area contributed by atoms with Crippen molar-refractivity contribution in [2.45, 2.75) is 185 Å². The molecule has 0 spiro atoms. The molecule has 5 N–H and O–H groups in total. The Labute approximate surface area is 312 Å². The quantitative estimate of drug-likeness (QED) is 0.228. The van der Waals surface area contributed by atoms with Crippen LogP contribution in [-0.4, -0.2) is 156 Å². The average Bonchev–Trinajstić information content (AvgIpc) is 3.06. The molecule has 18 atom stereocenters. The van der Waals surface area contributed by atoms with Gasteiger partial charge in [-0.2, -0.15) is 0 Å². The third-order valence-electron chi connectivity index (χ3n) is 11.9. The van der Waals surface area contributed by atoms with Crippen LogP contribution in [-0.2, 0) is 38.0 Å². The number of methoxy groups -OCH3 is 2. The molecule has 3 aliphatic rings. The number of ether oxygens (including phenoxy) is 7.